The van der Waals surface area contributed by atoms with E-state index in [1.54, 1.807) is 14.0 Å². The standard InChI is InChI=1S/C25H26N4O4/c1-6-20(24(30)26-18-10-7-14(2)15(3)13-18)29-25(31)23-21(16(4)33-28-23)22(27-29)17-8-11-19(32-5)12-9-17/h7-13,20H,6H2,1-5H3,(H,26,30)/t20-/m0/s1. The third-order valence-corrected chi connectivity index (χ3v) is 5.84. The van der Waals surface area contributed by atoms with Gasteiger partial charge < -0.3 is 14.6 Å². The number of ether oxygens (including phenoxy) is 1. The van der Waals surface area contributed by atoms with E-state index in [1.165, 1.54) is 4.68 Å². The fraction of sp³-hybridized carbons (Fsp3) is 0.280. The summed E-state index contributed by atoms with van der Waals surface area (Å²) in [5.74, 6) is 0.861. The molecule has 0 unspecified atom stereocenters. The molecule has 8 heteroatoms. The van der Waals surface area contributed by atoms with Gasteiger partial charge in [-0.25, -0.2) is 4.68 Å². The molecule has 2 aromatic heterocycles. The predicted octanol–water partition coefficient (Wildman–Crippen LogP) is 4.58. The van der Waals surface area contributed by atoms with E-state index in [0.717, 1.165) is 16.7 Å². The molecule has 33 heavy (non-hydrogen) atoms. The van der Waals surface area contributed by atoms with E-state index in [4.69, 9.17) is 9.26 Å². The summed E-state index contributed by atoms with van der Waals surface area (Å²) in [5.41, 5.74) is 3.82. The highest BCUT2D eigenvalue weighted by molar-refractivity contribution is 5.95. The van der Waals surface area contributed by atoms with Crippen LogP contribution in [-0.2, 0) is 4.79 Å². The van der Waals surface area contributed by atoms with Crippen molar-refractivity contribution in [3.05, 3.63) is 69.7 Å². The average Bonchev–Trinajstić information content (AvgIpc) is 3.20. The molecule has 2 aromatic carbocycles. The SMILES string of the molecule is CC[C@@H](C(=O)Nc1ccc(C)c(C)c1)n1nc(-c2ccc(OC)cc2)c2c(C)onc2c1=O. The minimum Gasteiger partial charge on any atom is -0.497 e. The van der Waals surface area contributed by atoms with Gasteiger partial charge in [0.25, 0.3) is 5.56 Å². The number of nitrogens with one attached hydrogen (secondary N) is 1. The third kappa shape index (κ3) is 4.11. The van der Waals surface area contributed by atoms with Gasteiger partial charge in [-0.2, -0.15) is 5.10 Å². The Hall–Kier alpha value is -3.94. The summed E-state index contributed by atoms with van der Waals surface area (Å²) in [6.07, 6.45) is 0.369. The van der Waals surface area contributed by atoms with Crippen molar-refractivity contribution < 1.29 is 14.1 Å². The second-order valence-corrected chi connectivity index (χ2v) is 8.00. The van der Waals surface area contributed by atoms with Gasteiger partial charge in [-0.05, 0) is 74.7 Å². The highest BCUT2D eigenvalue weighted by Gasteiger charge is 2.26. The van der Waals surface area contributed by atoms with Crippen molar-refractivity contribution in [2.75, 3.05) is 12.4 Å². The van der Waals surface area contributed by atoms with Gasteiger partial charge in [0.15, 0.2) is 5.52 Å². The van der Waals surface area contributed by atoms with Crippen LogP contribution in [0.3, 0.4) is 0 Å². The van der Waals surface area contributed by atoms with Crippen molar-refractivity contribution in [2.45, 2.75) is 40.2 Å². The van der Waals surface area contributed by atoms with Crippen LogP contribution in [0.2, 0.25) is 0 Å². The number of anilines is 1. The van der Waals surface area contributed by atoms with Crippen molar-refractivity contribution in [3.8, 4) is 17.0 Å². The van der Waals surface area contributed by atoms with Crippen molar-refractivity contribution >= 4 is 22.5 Å². The molecule has 0 fully saturated rings. The first-order chi connectivity index (χ1) is 15.8. The van der Waals surface area contributed by atoms with Gasteiger partial charge in [0, 0.05) is 11.3 Å². The minimum absolute atomic E-state index is 0.144. The number of aromatic nitrogens is 3. The van der Waals surface area contributed by atoms with E-state index in [9.17, 15) is 9.59 Å². The summed E-state index contributed by atoms with van der Waals surface area (Å²) in [7, 11) is 1.59. The molecule has 0 radical (unpaired) electrons. The van der Waals surface area contributed by atoms with Crippen LogP contribution in [0.5, 0.6) is 5.75 Å². The molecule has 0 aliphatic rings. The van der Waals surface area contributed by atoms with Crippen molar-refractivity contribution in [1.82, 2.24) is 14.9 Å². The third-order valence-electron chi connectivity index (χ3n) is 5.84. The predicted molar refractivity (Wildman–Crippen MR) is 127 cm³/mol. The molecule has 1 amide bonds. The van der Waals surface area contributed by atoms with Gasteiger partial charge >= 0.3 is 0 Å². The maximum Gasteiger partial charge on any atom is 0.297 e. The summed E-state index contributed by atoms with van der Waals surface area (Å²) in [4.78, 5) is 26.5. The Balaban J connectivity index is 1.81. The second kappa shape index (κ2) is 8.90. The van der Waals surface area contributed by atoms with E-state index >= 15 is 0 Å². The van der Waals surface area contributed by atoms with Crippen LogP contribution >= 0.6 is 0 Å². The molecule has 8 nitrogen and oxygen atoms in total. The largest absolute Gasteiger partial charge is 0.497 e. The lowest BCUT2D eigenvalue weighted by Crippen LogP contribution is -2.35. The Bertz CT molecular complexity index is 1390. The van der Waals surface area contributed by atoms with Crippen molar-refractivity contribution in [1.29, 1.82) is 0 Å². The number of benzene rings is 2. The Morgan fingerprint density at radius 3 is 2.48 bits per heavy atom. The minimum atomic E-state index is -0.822. The van der Waals surface area contributed by atoms with E-state index < -0.39 is 11.6 Å². The smallest absolute Gasteiger partial charge is 0.297 e. The average molecular weight is 447 g/mol. The summed E-state index contributed by atoms with van der Waals surface area (Å²) >= 11 is 0. The number of amides is 1. The Labute approximate surface area is 191 Å². The molecule has 0 saturated carbocycles. The van der Waals surface area contributed by atoms with Crippen LogP contribution in [0.15, 0.2) is 51.8 Å². The zero-order valence-corrected chi connectivity index (χ0v) is 19.3. The van der Waals surface area contributed by atoms with Crippen LogP contribution in [0, 0.1) is 20.8 Å². The second-order valence-electron chi connectivity index (χ2n) is 8.00. The quantitative estimate of drug-likeness (QED) is 0.466. The molecule has 170 valence electrons. The zero-order chi connectivity index (χ0) is 23.7. The van der Waals surface area contributed by atoms with Gasteiger partial charge in [0.05, 0.1) is 12.5 Å². The Kier molecular flexibility index (Phi) is 6.00. The van der Waals surface area contributed by atoms with Crippen LogP contribution in [0.4, 0.5) is 5.69 Å². The molecule has 2 heterocycles. The molecule has 1 N–H and O–H groups in total. The summed E-state index contributed by atoms with van der Waals surface area (Å²) < 4.78 is 11.8. The van der Waals surface area contributed by atoms with E-state index in [1.807, 2.05) is 63.2 Å². The number of fused-ring (bicyclic) bond motifs is 1. The molecule has 0 bridgehead atoms. The number of carbonyl (C=O) groups excluding carboxylic acids is 1. The molecule has 1 atom stereocenters. The van der Waals surface area contributed by atoms with Crippen LogP contribution in [-0.4, -0.2) is 28.0 Å². The van der Waals surface area contributed by atoms with Crippen LogP contribution in [0.1, 0.15) is 36.3 Å². The molecule has 4 rings (SSSR count). The lowest BCUT2D eigenvalue weighted by atomic mass is 10.1. The zero-order valence-electron chi connectivity index (χ0n) is 19.3. The Morgan fingerprint density at radius 1 is 1.12 bits per heavy atom. The van der Waals surface area contributed by atoms with Crippen molar-refractivity contribution in [3.63, 3.8) is 0 Å². The van der Waals surface area contributed by atoms with Gasteiger partial charge in [0.1, 0.15) is 23.2 Å². The van der Waals surface area contributed by atoms with Crippen LogP contribution in [0.25, 0.3) is 22.2 Å². The van der Waals surface area contributed by atoms with E-state index in [0.29, 0.717) is 34.7 Å². The molecular weight excluding hydrogens is 420 g/mol. The fourth-order valence-corrected chi connectivity index (χ4v) is 3.78. The maximum absolute atomic E-state index is 13.3. The number of nitrogens with zero attached hydrogens (tertiary/aromatic N) is 3. The molecule has 4 aromatic rings. The highest BCUT2D eigenvalue weighted by atomic mass is 16.5. The molecular formula is C25H26N4O4. The number of aryl methyl sites for hydroxylation is 3. The van der Waals surface area contributed by atoms with E-state index in [-0.39, 0.29) is 11.4 Å². The van der Waals surface area contributed by atoms with Crippen molar-refractivity contribution in [2.24, 2.45) is 0 Å². The number of rotatable bonds is 6. The lowest BCUT2D eigenvalue weighted by Gasteiger charge is -2.18. The van der Waals surface area contributed by atoms with Crippen LogP contribution < -0.4 is 15.6 Å². The summed E-state index contributed by atoms with van der Waals surface area (Å²) in [6, 6.07) is 12.2. The number of carbonyl (C=O) groups is 1. The topological polar surface area (TPSA) is 99.2 Å². The van der Waals surface area contributed by atoms with Gasteiger partial charge in [0.2, 0.25) is 5.91 Å². The molecule has 0 aliphatic heterocycles. The number of hydrogen-bond acceptors (Lipinski definition) is 6. The van der Waals surface area contributed by atoms with E-state index in [2.05, 4.69) is 15.6 Å². The summed E-state index contributed by atoms with van der Waals surface area (Å²) in [6.45, 7) is 7.56. The first-order valence-corrected chi connectivity index (χ1v) is 10.7. The first kappa shape index (κ1) is 22.3. The van der Waals surface area contributed by atoms with Gasteiger partial charge in [-0.1, -0.05) is 18.1 Å². The number of hydrogen-bond donors (Lipinski definition) is 1. The highest BCUT2D eigenvalue weighted by Crippen LogP contribution is 2.29. The maximum atomic E-state index is 13.3. The first-order valence-electron chi connectivity index (χ1n) is 10.7. The normalized spacial score (nSPS) is 12.0. The molecule has 0 saturated heterocycles. The molecule has 0 spiro atoms. The monoisotopic (exact) mass is 446 g/mol. The summed E-state index contributed by atoms with van der Waals surface area (Å²) in [5, 5.41) is 12.1. The Morgan fingerprint density at radius 2 is 1.85 bits per heavy atom. The fourth-order valence-electron chi connectivity index (χ4n) is 3.78. The number of methoxy groups -OCH3 is 1. The molecule has 0 aliphatic carbocycles. The van der Waals surface area contributed by atoms with Gasteiger partial charge in [-0.3, -0.25) is 9.59 Å². The lowest BCUT2D eigenvalue weighted by molar-refractivity contribution is -0.119. The van der Waals surface area contributed by atoms with Gasteiger partial charge in [-0.15, -0.1) is 0 Å².